The third kappa shape index (κ3) is 5.01. The van der Waals surface area contributed by atoms with Crippen LogP contribution in [0.25, 0.3) is 0 Å². The zero-order valence-electron chi connectivity index (χ0n) is 12.8. The number of amides is 1. The molecule has 7 heteroatoms. The minimum absolute atomic E-state index is 0.0392. The Bertz CT molecular complexity index is 631. The van der Waals surface area contributed by atoms with Crippen molar-refractivity contribution in [3.63, 3.8) is 0 Å². The summed E-state index contributed by atoms with van der Waals surface area (Å²) in [7, 11) is 0. The third-order valence-electron chi connectivity index (χ3n) is 2.91. The van der Waals surface area contributed by atoms with Crippen LogP contribution in [-0.4, -0.2) is 33.9 Å². The molecule has 7 nitrogen and oxygen atoms in total. The minimum atomic E-state index is 0.0392. The smallest absolute Gasteiger partial charge is 0.219 e. The fourth-order valence-electron chi connectivity index (χ4n) is 1.78. The minimum Gasteiger partial charge on any atom is -0.368 e. The summed E-state index contributed by atoms with van der Waals surface area (Å²) < 4.78 is 0. The lowest BCUT2D eigenvalue weighted by Gasteiger charge is -2.09. The molecule has 2 rings (SSSR count). The van der Waals surface area contributed by atoms with Crippen LogP contribution < -0.4 is 16.0 Å². The summed E-state index contributed by atoms with van der Waals surface area (Å²) >= 11 is 0. The van der Waals surface area contributed by atoms with Crippen LogP contribution >= 0.6 is 0 Å². The van der Waals surface area contributed by atoms with Gasteiger partial charge in [-0.1, -0.05) is 6.92 Å². The molecule has 0 fully saturated rings. The highest BCUT2D eigenvalue weighted by molar-refractivity contribution is 5.75. The van der Waals surface area contributed by atoms with E-state index in [9.17, 15) is 4.79 Å². The van der Waals surface area contributed by atoms with Crippen LogP contribution in [0, 0.1) is 6.92 Å². The first-order chi connectivity index (χ1) is 10.7. The van der Waals surface area contributed by atoms with Crippen LogP contribution in [0.4, 0.5) is 17.5 Å². The molecule has 2 heterocycles. The number of rotatable bonds is 7. The van der Waals surface area contributed by atoms with Gasteiger partial charge in [-0.25, -0.2) is 15.0 Å². The number of carbonyl (C=O) groups excluding carboxylic acids is 1. The van der Waals surface area contributed by atoms with Crippen LogP contribution in [0.5, 0.6) is 0 Å². The molecule has 0 aromatic carbocycles. The molecule has 116 valence electrons. The fourth-order valence-corrected chi connectivity index (χ4v) is 1.78. The summed E-state index contributed by atoms with van der Waals surface area (Å²) in [5.74, 6) is 2.13. The highest BCUT2D eigenvalue weighted by Crippen LogP contribution is 2.14. The zero-order valence-corrected chi connectivity index (χ0v) is 12.8. The van der Waals surface area contributed by atoms with Gasteiger partial charge in [0.15, 0.2) is 0 Å². The van der Waals surface area contributed by atoms with Crippen LogP contribution in [-0.2, 0) is 4.79 Å². The first-order valence-corrected chi connectivity index (χ1v) is 7.19. The third-order valence-corrected chi connectivity index (χ3v) is 2.91. The molecule has 22 heavy (non-hydrogen) atoms. The molecule has 2 aromatic heterocycles. The molecule has 3 N–H and O–H groups in total. The van der Waals surface area contributed by atoms with E-state index in [2.05, 4.69) is 30.9 Å². The van der Waals surface area contributed by atoms with Crippen LogP contribution in [0.15, 0.2) is 30.7 Å². The fraction of sp³-hybridized carbons (Fsp3) is 0.333. The van der Waals surface area contributed by atoms with Crippen molar-refractivity contribution in [1.82, 2.24) is 20.3 Å². The quantitative estimate of drug-likeness (QED) is 0.676. The Hall–Kier alpha value is -2.70. The Morgan fingerprint density at radius 3 is 2.64 bits per heavy atom. The summed E-state index contributed by atoms with van der Waals surface area (Å²) in [4.78, 5) is 23.7. The molecule has 0 radical (unpaired) electrons. The van der Waals surface area contributed by atoms with Gasteiger partial charge >= 0.3 is 0 Å². The molecule has 0 bridgehead atoms. The molecule has 2 aromatic rings. The lowest BCUT2D eigenvalue weighted by Crippen LogP contribution is -2.28. The van der Waals surface area contributed by atoms with Gasteiger partial charge in [0.05, 0.1) is 0 Å². The van der Waals surface area contributed by atoms with Crippen molar-refractivity contribution in [2.75, 3.05) is 23.7 Å². The second-order valence-corrected chi connectivity index (χ2v) is 4.76. The van der Waals surface area contributed by atoms with Gasteiger partial charge in [0.25, 0.3) is 0 Å². The standard InChI is InChI=1S/C15H20N6O/c1-3-15(22)18-7-6-17-12-9-14(20-10-19-12)21-13-8-11(2)4-5-16-13/h4-5,8-10H,3,6-7H2,1-2H3,(H,18,22)(H2,16,17,19,20,21). The first kappa shape index (κ1) is 15.7. The number of nitrogens with one attached hydrogen (secondary N) is 3. The Kier molecular flexibility index (Phi) is 5.65. The Morgan fingerprint density at radius 1 is 1.09 bits per heavy atom. The number of hydrogen-bond donors (Lipinski definition) is 3. The summed E-state index contributed by atoms with van der Waals surface area (Å²) in [6, 6.07) is 5.67. The van der Waals surface area contributed by atoms with Crippen molar-refractivity contribution in [3.05, 3.63) is 36.3 Å². The average molecular weight is 300 g/mol. The van der Waals surface area contributed by atoms with Crippen molar-refractivity contribution in [3.8, 4) is 0 Å². The van der Waals surface area contributed by atoms with E-state index in [1.807, 2.05) is 26.0 Å². The normalized spacial score (nSPS) is 10.1. The number of carbonyl (C=O) groups is 1. The van der Waals surface area contributed by atoms with E-state index in [0.717, 1.165) is 11.4 Å². The number of anilines is 3. The zero-order chi connectivity index (χ0) is 15.8. The predicted molar refractivity (Wildman–Crippen MR) is 86.1 cm³/mol. The largest absolute Gasteiger partial charge is 0.368 e. The molecular formula is C15H20N6O. The van der Waals surface area contributed by atoms with E-state index < -0.39 is 0 Å². The van der Waals surface area contributed by atoms with Gasteiger partial charge in [0, 0.05) is 31.8 Å². The Morgan fingerprint density at radius 2 is 1.86 bits per heavy atom. The average Bonchev–Trinajstić information content (AvgIpc) is 2.52. The molecule has 0 atom stereocenters. The van der Waals surface area contributed by atoms with Gasteiger partial charge in [0.2, 0.25) is 5.91 Å². The Balaban J connectivity index is 1.88. The first-order valence-electron chi connectivity index (χ1n) is 7.19. The molecule has 0 spiro atoms. The van der Waals surface area contributed by atoms with Gasteiger partial charge in [-0.2, -0.15) is 0 Å². The van der Waals surface area contributed by atoms with Gasteiger partial charge in [0.1, 0.15) is 23.8 Å². The van der Waals surface area contributed by atoms with E-state index in [1.54, 1.807) is 12.3 Å². The molecule has 0 saturated heterocycles. The number of aromatic nitrogens is 3. The lowest BCUT2D eigenvalue weighted by atomic mass is 10.3. The molecule has 0 aliphatic carbocycles. The van der Waals surface area contributed by atoms with E-state index in [4.69, 9.17) is 0 Å². The molecule has 0 aliphatic heterocycles. The molecule has 0 aliphatic rings. The second-order valence-electron chi connectivity index (χ2n) is 4.76. The van der Waals surface area contributed by atoms with E-state index in [0.29, 0.717) is 31.1 Å². The maximum Gasteiger partial charge on any atom is 0.219 e. The van der Waals surface area contributed by atoms with Crippen LogP contribution in [0.2, 0.25) is 0 Å². The van der Waals surface area contributed by atoms with Crippen molar-refractivity contribution < 1.29 is 4.79 Å². The maximum absolute atomic E-state index is 11.1. The maximum atomic E-state index is 11.1. The van der Waals surface area contributed by atoms with Crippen molar-refractivity contribution in [1.29, 1.82) is 0 Å². The van der Waals surface area contributed by atoms with E-state index in [1.165, 1.54) is 6.33 Å². The van der Waals surface area contributed by atoms with Crippen molar-refractivity contribution >= 4 is 23.4 Å². The molecule has 0 unspecified atom stereocenters. The monoisotopic (exact) mass is 300 g/mol. The summed E-state index contributed by atoms with van der Waals surface area (Å²) in [5.41, 5.74) is 1.12. The second kappa shape index (κ2) is 7.92. The van der Waals surface area contributed by atoms with Gasteiger partial charge in [-0.15, -0.1) is 0 Å². The Labute approximate surface area is 129 Å². The molecule has 0 saturated carbocycles. The number of aryl methyl sites for hydroxylation is 1. The summed E-state index contributed by atoms with van der Waals surface area (Å²) in [5, 5.41) is 9.06. The topological polar surface area (TPSA) is 91.8 Å². The predicted octanol–water partition coefficient (Wildman–Crippen LogP) is 1.86. The van der Waals surface area contributed by atoms with Crippen molar-refractivity contribution in [2.24, 2.45) is 0 Å². The van der Waals surface area contributed by atoms with Crippen molar-refractivity contribution in [2.45, 2.75) is 20.3 Å². The number of pyridine rings is 1. The SMILES string of the molecule is CCC(=O)NCCNc1cc(Nc2cc(C)ccn2)ncn1. The van der Waals surface area contributed by atoms with Crippen LogP contribution in [0.3, 0.4) is 0 Å². The van der Waals surface area contributed by atoms with Gasteiger partial charge in [-0.05, 0) is 24.6 Å². The van der Waals surface area contributed by atoms with Crippen LogP contribution in [0.1, 0.15) is 18.9 Å². The highest BCUT2D eigenvalue weighted by Gasteiger charge is 2.01. The lowest BCUT2D eigenvalue weighted by molar-refractivity contribution is -0.120. The number of hydrogen-bond acceptors (Lipinski definition) is 6. The van der Waals surface area contributed by atoms with E-state index >= 15 is 0 Å². The molecular weight excluding hydrogens is 280 g/mol. The van der Waals surface area contributed by atoms with Gasteiger partial charge < -0.3 is 16.0 Å². The highest BCUT2D eigenvalue weighted by atomic mass is 16.1. The van der Waals surface area contributed by atoms with Gasteiger partial charge in [-0.3, -0.25) is 4.79 Å². The van der Waals surface area contributed by atoms with E-state index in [-0.39, 0.29) is 5.91 Å². The number of nitrogens with zero attached hydrogens (tertiary/aromatic N) is 3. The summed E-state index contributed by atoms with van der Waals surface area (Å²) in [6.07, 6.45) is 3.71. The molecule has 1 amide bonds. The summed E-state index contributed by atoms with van der Waals surface area (Å²) in [6.45, 7) is 4.98.